The number of thiazole rings is 1. The lowest BCUT2D eigenvalue weighted by Crippen LogP contribution is -2.16. The highest BCUT2D eigenvalue weighted by Crippen LogP contribution is 2.28. The fourth-order valence-electron chi connectivity index (χ4n) is 2.41. The Morgan fingerprint density at radius 2 is 1.89 bits per heavy atom. The van der Waals surface area contributed by atoms with E-state index in [2.05, 4.69) is 10.3 Å². The first-order valence-electron chi connectivity index (χ1n) is 8.25. The second-order valence-corrected chi connectivity index (χ2v) is 9.60. The highest BCUT2D eigenvalue weighted by Gasteiger charge is 2.21. The number of amides is 1. The van der Waals surface area contributed by atoms with Crippen molar-refractivity contribution >= 4 is 32.2 Å². The summed E-state index contributed by atoms with van der Waals surface area (Å²) in [5.74, 6) is -1.99. The number of halogens is 2. The second-order valence-electron chi connectivity index (χ2n) is 6.24. The zero-order valence-corrected chi connectivity index (χ0v) is 16.6. The standard InChI is InChI=1S/C19H16F2N2O3S2/c1-11(2)28(25,26)14-5-3-4-12(8-14)18(24)23-19-22-17(10-27-19)15-7-6-13(20)9-16(15)21/h3-11H,1-2H3,(H,22,23,24). The molecule has 28 heavy (non-hydrogen) atoms. The molecule has 0 spiro atoms. The Balaban J connectivity index is 1.82. The summed E-state index contributed by atoms with van der Waals surface area (Å²) in [4.78, 5) is 16.7. The van der Waals surface area contributed by atoms with Crippen LogP contribution in [0.25, 0.3) is 11.3 Å². The molecule has 0 saturated carbocycles. The summed E-state index contributed by atoms with van der Waals surface area (Å²) in [5.41, 5.74) is 0.531. The Kier molecular flexibility index (Phi) is 5.57. The van der Waals surface area contributed by atoms with Crippen LogP contribution in [0.4, 0.5) is 13.9 Å². The maximum Gasteiger partial charge on any atom is 0.257 e. The Hall–Kier alpha value is -2.65. The normalized spacial score (nSPS) is 11.6. The van der Waals surface area contributed by atoms with Crippen LogP contribution in [-0.2, 0) is 9.84 Å². The zero-order chi connectivity index (χ0) is 20.5. The van der Waals surface area contributed by atoms with Crippen LogP contribution in [0.1, 0.15) is 24.2 Å². The number of rotatable bonds is 5. The molecule has 2 aromatic carbocycles. The summed E-state index contributed by atoms with van der Waals surface area (Å²) in [6.07, 6.45) is 0. The first-order valence-corrected chi connectivity index (χ1v) is 10.7. The van der Waals surface area contributed by atoms with Crippen molar-refractivity contribution in [3.8, 4) is 11.3 Å². The van der Waals surface area contributed by atoms with Gasteiger partial charge in [-0.05, 0) is 44.2 Å². The van der Waals surface area contributed by atoms with Crippen molar-refractivity contribution in [2.24, 2.45) is 0 Å². The number of nitrogens with zero attached hydrogens (tertiary/aromatic N) is 1. The monoisotopic (exact) mass is 422 g/mol. The summed E-state index contributed by atoms with van der Waals surface area (Å²) >= 11 is 1.07. The van der Waals surface area contributed by atoms with Crippen molar-refractivity contribution in [1.29, 1.82) is 0 Å². The van der Waals surface area contributed by atoms with E-state index in [1.807, 2.05) is 0 Å². The molecule has 0 aliphatic carbocycles. The van der Waals surface area contributed by atoms with E-state index < -0.39 is 32.6 Å². The minimum absolute atomic E-state index is 0.0587. The van der Waals surface area contributed by atoms with Gasteiger partial charge >= 0.3 is 0 Å². The maximum atomic E-state index is 13.9. The van der Waals surface area contributed by atoms with Crippen molar-refractivity contribution in [2.45, 2.75) is 24.0 Å². The van der Waals surface area contributed by atoms with Crippen molar-refractivity contribution in [1.82, 2.24) is 4.98 Å². The van der Waals surface area contributed by atoms with Gasteiger partial charge in [0.2, 0.25) is 0 Å². The van der Waals surface area contributed by atoms with Crippen LogP contribution in [0.3, 0.4) is 0 Å². The molecule has 5 nitrogen and oxygen atoms in total. The van der Waals surface area contributed by atoms with Gasteiger partial charge in [0, 0.05) is 22.6 Å². The van der Waals surface area contributed by atoms with Gasteiger partial charge in [0.05, 0.1) is 15.8 Å². The third kappa shape index (κ3) is 4.10. The van der Waals surface area contributed by atoms with E-state index in [-0.39, 0.29) is 26.8 Å². The van der Waals surface area contributed by atoms with Crippen LogP contribution >= 0.6 is 11.3 Å². The molecule has 0 saturated heterocycles. The highest BCUT2D eigenvalue weighted by atomic mass is 32.2. The molecule has 3 aromatic rings. The van der Waals surface area contributed by atoms with Crippen LogP contribution in [0, 0.1) is 11.6 Å². The van der Waals surface area contributed by atoms with E-state index in [0.29, 0.717) is 0 Å². The quantitative estimate of drug-likeness (QED) is 0.656. The van der Waals surface area contributed by atoms with Gasteiger partial charge in [-0.1, -0.05) is 6.07 Å². The van der Waals surface area contributed by atoms with E-state index in [0.717, 1.165) is 23.5 Å². The lowest BCUT2D eigenvalue weighted by Gasteiger charge is -2.09. The molecule has 0 unspecified atom stereocenters. The van der Waals surface area contributed by atoms with E-state index >= 15 is 0 Å². The van der Waals surface area contributed by atoms with Crippen LogP contribution in [-0.4, -0.2) is 24.6 Å². The molecule has 1 N–H and O–H groups in total. The fraction of sp³-hybridized carbons (Fsp3) is 0.158. The summed E-state index contributed by atoms with van der Waals surface area (Å²) in [5, 5.41) is 3.69. The van der Waals surface area contributed by atoms with Crippen LogP contribution in [0.2, 0.25) is 0 Å². The Labute approximate surface area is 165 Å². The Morgan fingerprint density at radius 1 is 1.14 bits per heavy atom. The highest BCUT2D eigenvalue weighted by molar-refractivity contribution is 7.92. The van der Waals surface area contributed by atoms with Gasteiger partial charge < -0.3 is 0 Å². The number of hydrogen-bond donors (Lipinski definition) is 1. The first-order chi connectivity index (χ1) is 13.2. The number of carbonyl (C=O) groups is 1. The molecule has 0 aliphatic rings. The summed E-state index contributed by atoms with van der Waals surface area (Å²) in [7, 11) is -3.51. The van der Waals surface area contributed by atoms with Crippen LogP contribution < -0.4 is 5.32 Å². The molecule has 0 fully saturated rings. The lowest BCUT2D eigenvalue weighted by molar-refractivity contribution is 0.102. The molecule has 0 bridgehead atoms. The summed E-state index contributed by atoms with van der Waals surface area (Å²) < 4.78 is 51.5. The van der Waals surface area contributed by atoms with Gasteiger partial charge in [0.1, 0.15) is 11.6 Å². The average Bonchev–Trinajstić information content (AvgIpc) is 3.09. The minimum Gasteiger partial charge on any atom is -0.298 e. The summed E-state index contributed by atoms with van der Waals surface area (Å²) in [6, 6.07) is 8.87. The van der Waals surface area contributed by atoms with Gasteiger partial charge in [0.25, 0.3) is 5.91 Å². The van der Waals surface area contributed by atoms with Crippen molar-refractivity contribution in [3.63, 3.8) is 0 Å². The fourth-order valence-corrected chi connectivity index (χ4v) is 4.22. The molecule has 1 heterocycles. The summed E-state index contributed by atoms with van der Waals surface area (Å²) in [6.45, 7) is 3.13. The zero-order valence-electron chi connectivity index (χ0n) is 14.9. The van der Waals surface area contributed by atoms with Crippen molar-refractivity contribution < 1.29 is 22.0 Å². The molecule has 146 valence electrons. The molecule has 9 heteroatoms. The van der Waals surface area contributed by atoms with Crippen LogP contribution in [0.5, 0.6) is 0 Å². The van der Waals surface area contributed by atoms with E-state index in [1.165, 1.54) is 35.7 Å². The third-order valence-corrected chi connectivity index (χ3v) is 6.89. The van der Waals surface area contributed by atoms with Crippen molar-refractivity contribution in [2.75, 3.05) is 5.32 Å². The second kappa shape index (κ2) is 7.76. The van der Waals surface area contributed by atoms with Crippen LogP contribution in [0.15, 0.2) is 52.7 Å². The molecular formula is C19H16F2N2O3S2. The van der Waals surface area contributed by atoms with E-state index in [4.69, 9.17) is 0 Å². The third-order valence-electron chi connectivity index (χ3n) is 3.98. The molecule has 1 aromatic heterocycles. The van der Waals surface area contributed by atoms with Gasteiger partial charge in [-0.3, -0.25) is 10.1 Å². The average molecular weight is 422 g/mol. The predicted octanol–water partition coefficient (Wildman–Crippen LogP) is 4.52. The molecule has 3 rings (SSSR count). The smallest absolute Gasteiger partial charge is 0.257 e. The number of aromatic nitrogens is 1. The Bertz CT molecular complexity index is 1140. The molecule has 0 atom stereocenters. The number of anilines is 1. The Morgan fingerprint density at radius 3 is 2.57 bits per heavy atom. The number of benzene rings is 2. The van der Waals surface area contributed by atoms with Gasteiger partial charge in [-0.25, -0.2) is 22.2 Å². The molecule has 1 amide bonds. The SMILES string of the molecule is CC(C)S(=O)(=O)c1cccc(C(=O)Nc2nc(-c3ccc(F)cc3F)cs2)c1. The lowest BCUT2D eigenvalue weighted by atomic mass is 10.1. The van der Waals surface area contributed by atoms with Crippen molar-refractivity contribution in [3.05, 3.63) is 65.0 Å². The number of hydrogen-bond acceptors (Lipinski definition) is 5. The molecular weight excluding hydrogens is 406 g/mol. The molecule has 0 radical (unpaired) electrons. The number of nitrogens with one attached hydrogen (secondary N) is 1. The van der Waals surface area contributed by atoms with Gasteiger partial charge in [0.15, 0.2) is 15.0 Å². The van der Waals surface area contributed by atoms with E-state index in [1.54, 1.807) is 13.8 Å². The predicted molar refractivity (Wildman–Crippen MR) is 104 cm³/mol. The minimum atomic E-state index is -3.51. The maximum absolute atomic E-state index is 13.9. The molecule has 0 aliphatic heterocycles. The first kappa shape index (κ1) is 20.1. The topological polar surface area (TPSA) is 76.1 Å². The van der Waals surface area contributed by atoms with Gasteiger partial charge in [-0.15, -0.1) is 11.3 Å². The number of sulfone groups is 1. The number of carbonyl (C=O) groups excluding carboxylic acids is 1. The van der Waals surface area contributed by atoms with Gasteiger partial charge in [-0.2, -0.15) is 0 Å². The largest absolute Gasteiger partial charge is 0.298 e. The van der Waals surface area contributed by atoms with E-state index in [9.17, 15) is 22.0 Å².